The first kappa shape index (κ1) is 22.3. The highest BCUT2D eigenvalue weighted by atomic mass is 16.6. The molecule has 2 fully saturated rings. The van der Waals surface area contributed by atoms with Gasteiger partial charge in [-0.1, -0.05) is 0 Å². The van der Waals surface area contributed by atoms with E-state index in [2.05, 4.69) is 25.7 Å². The topological polar surface area (TPSA) is 97.4 Å². The molecule has 1 amide bonds. The van der Waals surface area contributed by atoms with Gasteiger partial charge in [0.05, 0.1) is 27.1 Å². The highest BCUT2D eigenvalue weighted by Gasteiger charge is 2.32. The van der Waals surface area contributed by atoms with Gasteiger partial charge < -0.3 is 9.80 Å². The summed E-state index contributed by atoms with van der Waals surface area (Å²) >= 11 is 0. The Hall–Kier alpha value is -3.49. The van der Waals surface area contributed by atoms with E-state index in [1.54, 1.807) is 12.1 Å². The van der Waals surface area contributed by atoms with Gasteiger partial charge in [0.1, 0.15) is 0 Å². The largest absolute Gasteiger partial charge is 0.368 e. The van der Waals surface area contributed by atoms with Gasteiger partial charge in [-0.25, -0.2) is 9.67 Å². The summed E-state index contributed by atoms with van der Waals surface area (Å²) in [6, 6.07) is 8.58. The van der Waals surface area contributed by atoms with Crippen LogP contribution in [0.3, 0.4) is 0 Å². The first-order valence-corrected chi connectivity index (χ1v) is 11.8. The van der Waals surface area contributed by atoms with Crippen molar-refractivity contribution in [2.45, 2.75) is 52.0 Å². The van der Waals surface area contributed by atoms with E-state index in [1.807, 2.05) is 22.6 Å². The van der Waals surface area contributed by atoms with Crippen LogP contribution in [0.5, 0.6) is 0 Å². The predicted octanol–water partition coefficient (Wildman–Crippen LogP) is 4.24. The fourth-order valence-corrected chi connectivity index (χ4v) is 4.66. The van der Waals surface area contributed by atoms with Crippen molar-refractivity contribution >= 4 is 28.3 Å². The maximum Gasteiger partial charge on any atom is 0.269 e. The number of benzene rings is 1. The molecular formula is C25H30N6O3. The molecule has 9 heteroatoms. The number of piperazine rings is 1. The number of nitro groups is 1. The van der Waals surface area contributed by atoms with Crippen LogP contribution in [-0.2, 0) is 5.54 Å². The van der Waals surface area contributed by atoms with Crippen LogP contribution in [0.2, 0.25) is 0 Å². The fraction of sp³-hybridized carbons (Fsp3) is 0.480. The molecule has 2 aromatic heterocycles. The lowest BCUT2D eigenvalue weighted by Crippen LogP contribution is -2.48. The van der Waals surface area contributed by atoms with Crippen LogP contribution in [0.4, 0.5) is 11.4 Å². The molecule has 0 N–H and O–H groups in total. The van der Waals surface area contributed by atoms with Crippen molar-refractivity contribution in [1.82, 2.24) is 19.7 Å². The number of nitrogens with zero attached hydrogens (tertiary/aromatic N) is 6. The van der Waals surface area contributed by atoms with Crippen LogP contribution in [-0.4, -0.2) is 56.7 Å². The number of nitro benzene ring substituents is 1. The standard InChI is InChI=1S/C25H30N6O3/c1-16-22-20(15-21(17-5-6-17)26-23(22)30(27-16)25(2,3)4)24(32)29-13-11-28(12-14-29)18-7-9-19(10-8-18)31(33)34/h7-10,15,17H,5-6,11-14H2,1-4H3. The molecule has 2 aliphatic rings. The fourth-order valence-electron chi connectivity index (χ4n) is 4.66. The Labute approximate surface area is 198 Å². The molecule has 9 nitrogen and oxygen atoms in total. The van der Waals surface area contributed by atoms with Crippen molar-refractivity contribution in [3.05, 3.63) is 57.4 Å². The van der Waals surface area contributed by atoms with Gasteiger partial charge in [0.2, 0.25) is 0 Å². The van der Waals surface area contributed by atoms with Gasteiger partial charge in [0.15, 0.2) is 5.65 Å². The molecule has 1 aromatic carbocycles. The van der Waals surface area contributed by atoms with Crippen molar-refractivity contribution in [3.63, 3.8) is 0 Å². The maximum absolute atomic E-state index is 13.8. The van der Waals surface area contributed by atoms with Crippen LogP contribution in [0.25, 0.3) is 11.0 Å². The molecule has 0 spiro atoms. The number of hydrogen-bond acceptors (Lipinski definition) is 6. The van der Waals surface area contributed by atoms with Crippen LogP contribution in [0.1, 0.15) is 61.3 Å². The van der Waals surface area contributed by atoms with Gasteiger partial charge in [0.25, 0.3) is 11.6 Å². The minimum absolute atomic E-state index is 0.0224. The number of carbonyl (C=O) groups excluding carboxylic acids is 1. The number of carbonyl (C=O) groups is 1. The van der Waals surface area contributed by atoms with E-state index in [-0.39, 0.29) is 17.1 Å². The third-order valence-electron chi connectivity index (χ3n) is 6.69. The normalized spacial score (nSPS) is 16.8. The number of rotatable bonds is 4. The zero-order chi connectivity index (χ0) is 24.2. The average molecular weight is 463 g/mol. The highest BCUT2D eigenvalue weighted by Crippen LogP contribution is 2.41. The lowest BCUT2D eigenvalue weighted by atomic mass is 10.0. The van der Waals surface area contributed by atoms with E-state index in [0.717, 1.165) is 41.0 Å². The molecule has 0 bridgehead atoms. The highest BCUT2D eigenvalue weighted by molar-refractivity contribution is 6.06. The van der Waals surface area contributed by atoms with Crippen LogP contribution < -0.4 is 4.90 Å². The van der Waals surface area contributed by atoms with E-state index >= 15 is 0 Å². The number of hydrogen-bond donors (Lipinski definition) is 0. The minimum atomic E-state index is -0.393. The number of amides is 1. The molecule has 1 saturated heterocycles. The lowest BCUT2D eigenvalue weighted by molar-refractivity contribution is -0.384. The first-order valence-electron chi connectivity index (χ1n) is 11.8. The van der Waals surface area contributed by atoms with E-state index < -0.39 is 4.92 Å². The van der Waals surface area contributed by atoms with Gasteiger partial charge in [-0.2, -0.15) is 5.10 Å². The van der Waals surface area contributed by atoms with Crippen molar-refractivity contribution in [2.24, 2.45) is 0 Å². The Bertz CT molecular complexity index is 1260. The molecule has 0 atom stereocenters. The SMILES string of the molecule is Cc1nn(C(C)(C)C)c2nc(C3CC3)cc(C(=O)N3CCN(c4ccc([N+](=O)[O-])cc4)CC3)c12. The van der Waals surface area contributed by atoms with E-state index in [0.29, 0.717) is 37.7 Å². The summed E-state index contributed by atoms with van der Waals surface area (Å²) in [7, 11) is 0. The summed E-state index contributed by atoms with van der Waals surface area (Å²) in [5.74, 6) is 0.452. The number of non-ortho nitro benzene ring substituents is 1. The molecular weight excluding hydrogens is 432 g/mol. The van der Waals surface area contributed by atoms with Gasteiger partial charge in [0, 0.05) is 55.6 Å². The van der Waals surface area contributed by atoms with Crippen molar-refractivity contribution in [3.8, 4) is 0 Å². The Kier molecular flexibility index (Phi) is 5.30. The molecule has 34 heavy (non-hydrogen) atoms. The molecule has 3 heterocycles. The van der Waals surface area contributed by atoms with Gasteiger partial charge >= 0.3 is 0 Å². The summed E-state index contributed by atoms with van der Waals surface area (Å²) in [5, 5.41) is 16.5. The minimum Gasteiger partial charge on any atom is -0.368 e. The summed E-state index contributed by atoms with van der Waals surface area (Å²) < 4.78 is 1.95. The molecule has 0 unspecified atom stereocenters. The van der Waals surface area contributed by atoms with Gasteiger partial charge in [-0.3, -0.25) is 14.9 Å². The summed E-state index contributed by atoms with van der Waals surface area (Å²) in [6.45, 7) is 10.8. The third-order valence-corrected chi connectivity index (χ3v) is 6.69. The molecule has 178 valence electrons. The Balaban J connectivity index is 1.41. The Morgan fingerprint density at radius 2 is 1.74 bits per heavy atom. The van der Waals surface area contributed by atoms with Gasteiger partial charge in [-0.15, -0.1) is 0 Å². The predicted molar refractivity (Wildman–Crippen MR) is 130 cm³/mol. The summed E-state index contributed by atoms with van der Waals surface area (Å²) in [5.41, 5.74) is 4.09. The van der Waals surface area contributed by atoms with Crippen LogP contribution >= 0.6 is 0 Å². The molecule has 0 radical (unpaired) electrons. The second-order valence-corrected chi connectivity index (χ2v) is 10.3. The monoisotopic (exact) mass is 462 g/mol. The number of pyridine rings is 1. The number of anilines is 1. The van der Waals surface area contributed by atoms with E-state index in [4.69, 9.17) is 10.1 Å². The average Bonchev–Trinajstić information content (AvgIpc) is 3.61. The molecule has 1 saturated carbocycles. The molecule has 5 rings (SSSR count). The quantitative estimate of drug-likeness (QED) is 0.425. The van der Waals surface area contributed by atoms with Crippen LogP contribution in [0, 0.1) is 17.0 Å². The smallest absolute Gasteiger partial charge is 0.269 e. The van der Waals surface area contributed by atoms with E-state index in [9.17, 15) is 14.9 Å². The zero-order valence-corrected chi connectivity index (χ0v) is 20.1. The van der Waals surface area contributed by atoms with E-state index in [1.165, 1.54) is 12.1 Å². The van der Waals surface area contributed by atoms with Crippen molar-refractivity contribution in [1.29, 1.82) is 0 Å². The number of aromatic nitrogens is 3. The second kappa shape index (κ2) is 8.07. The molecule has 1 aliphatic heterocycles. The summed E-state index contributed by atoms with van der Waals surface area (Å²) in [4.78, 5) is 33.3. The molecule has 1 aliphatic carbocycles. The second-order valence-electron chi connectivity index (χ2n) is 10.3. The zero-order valence-electron chi connectivity index (χ0n) is 20.1. The number of fused-ring (bicyclic) bond motifs is 1. The van der Waals surface area contributed by atoms with Crippen LogP contribution in [0.15, 0.2) is 30.3 Å². The maximum atomic E-state index is 13.8. The van der Waals surface area contributed by atoms with Crippen molar-refractivity contribution < 1.29 is 9.72 Å². The van der Waals surface area contributed by atoms with Gasteiger partial charge in [-0.05, 0) is 58.7 Å². The first-order chi connectivity index (χ1) is 16.1. The lowest BCUT2D eigenvalue weighted by Gasteiger charge is -2.36. The Morgan fingerprint density at radius 3 is 2.29 bits per heavy atom. The van der Waals surface area contributed by atoms with Crippen molar-refractivity contribution in [2.75, 3.05) is 31.1 Å². The Morgan fingerprint density at radius 1 is 1.09 bits per heavy atom. The number of aryl methyl sites for hydroxylation is 1. The third kappa shape index (κ3) is 3.99. The summed E-state index contributed by atoms with van der Waals surface area (Å²) in [6.07, 6.45) is 2.23. The molecule has 3 aromatic rings.